The molecule has 0 aromatic rings. The molecule has 0 aromatic carbocycles. The van der Waals surface area contributed by atoms with Crippen molar-refractivity contribution in [1.82, 2.24) is 5.32 Å². The molecule has 1 aliphatic carbocycles. The van der Waals surface area contributed by atoms with Crippen LogP contribution in [-0.4, -0.2) is 36.7 Å². The Morgan fingerprint density at radius 3 is 2.53 bits per heavy atom. The van der Waals surface area contributed by atoms with Gasteiger partial charge in [-0.2, -0.15) is 0 Å². The Hall–Kier alpha value is -1.10. The molecule has 5 heteroatoms. The number of carbonyl (C=O) groups is 2. The Morgan fingerprint density at radius 1 is 1.47 bits per heavy atom. The van der Waals surface area contributed by atoms with Crippen LogP contribution in [-0.2, 0) is 14.3 Å². The molecule has 0 saturated heterocycles. The van der Waals surface area contributed by atoms with E-state index in [2.05, 4.69) is 5.32 Å². The number of hydrogen-bond acceptors (Lipinski definition) is 3. The quantitative estimate of drug-likeness (QED) is 0.704. The van der Waals surface area contributed by atoms with Crippen molar-refractivity contribution in [2.45, 2.75) is 45.1 Å². The van der Waals surface area contributed by atoms with E-state index in [0.29, 0.717) is 13.0 Å². The number of nitrogens with one attached hydrogen (secondary N) is 1. The molecule has 17 heavy (non-hydrogen) atoms. The Morgan fingerprint density at radius 2 is 2.12 bits per heavy atom. The van der Waals surface area contributed by atoms with Gasteiger partial charge in [-0.25, -0.2) is 0 Å². The standard InChI is InChI=1S/C12H21NO4/c1-9(4-5-10(14)15)13-11(16)12(8-17-2)6-3-7-12/h9H,3-8H2,1-2H3,(H,13,16)(H,14,15). The number of carboxylic acid groups (broad SMARTS) is 1. The Kier molecular flexibility index (Phi) is 4.93. The summed E-state index contributed by atoms with van der Waals surface area (Å²) in [5, 5.41) is 11.4. The Balaban J connectivity index is 2.39. The molecular weight excluding hydrogens is 222 g/mol. The van der Waals surface area contributed by atoms with Gasteiger partial charge in [0.2, 0.25) is 5.91 Å². The molecule has 0 radical (unpaired) electrons. The van der Waals surface area contributed by atoms with Crippen LogP contribution in [0.25, 0.3) is 0 Å². The highest BCUT2D eigenvalue weighted by atomic mass is 16.5. The Labute approximate surface area is 102 Å². The second-order valence-corrected chi connectivity index (χ2v) is 4.87. The predicted octanol–water partition coefficient (Wildman–Crippen LogP) is 1.17. The molecule has 1 amide bonds. The summed E-state index contributed by atoms with van der Waals surface area (Å²) in [4.78, 5) is 22.5. The zero-order valence-corrected chi connectivity index (χ0v) is 10.5. The highest BCUT2D eigenvalue weighted by Gasteiger charge is 2.44. The van der Waals surface area contributed by atoms with Crippen LogP contribution in [0.15, 0.2) is 0 Å². The van der Waals surface area contributed by atoms with Crippen molar-refractivity contribution in [3.8, 4) is 0 Å². The fraction of sp³-hybridized carbons (Fsp3) is 0.833. The van der Waals surface area contributed by atoms with Crippen molar-refractivity contribution < 1.29 is 19.4 Å². The minimum atomic E-state index is -0.832. The van der Waals surface area contributed by atoms with Crippen molar-refractivity contribution >= 4 is 11.9 Å². The third-order valence-electron chi connectivity index (χ3n) is 3.38. The second-order valence-electron chi connectivity index (χ2n) is 4.87. The van der Waals surface area contributed by atoms with Crippen molar-refractivity contribution in [2.75, 3.05) is 13.7 Å². The summed E-state index contributed by atoms with van der Waals surface area (Å²) in [6.07, 6.45) is 3.32. The van der Waals surface area contributed by atoms with E-state index in [4.69, 9.17) is 9.84 Å². The molecule has 0 spiro atoms. The minimum Gasteiger partial charge on any atom is -0.481 e. The van der Waals surface area contributed by atoms with Gasteiger partial charge < -0.3 is 15.2 Å². The first-order valence-corrected chi connectivity index (χ1v) is 6.02. The molecule has 0 aromatic heterocycles. The fourth-order valence-corrected chi connectivity index (χ4v) is 2.11. The first-order valence-electron chi connectivity index (χ1n) is 6.02. The van der Waals surface area contributed by atoms with Gasteiger partial charge in [-0.1, -0.05) is 6.42 Å². The topological polar surface area (TPSA) is 75.6 Å². The smallest absolute Gasteiger partial charge is 0.303 e. The van der Waals surface area contributed by atoms with Crippen LogP contribution in [0.1, 0.15) is 39.0 Å². The summed E-state index contributed by atoms with van der Waals surface area (Å²) in [5.41, 5.74) is -0.369. The van der Waals surface area contributed by atoms with Gasteiger partial charge in [0, 0.05) is 19.6 Å². The molecule has 2 N–H and O–H groups in total. The summed E-state index contributed by atoms with van der Waals surface area (Å²) in [7, 11) is 1.60. The number of carbonyl (C=O) groups excluding carboxylic acids is 1. The number of methoxy groups -OCH3 is 1. The van der Waals surface area contributed by atoms with Gasteiger partial charge >= 0.3 is 5.97 Å². The number of ether oxygens (including phenoxy) is 1. The molecule has 1 rings (SSSR count). The molecule has 98 valence electrons. The lowest BCUT2D eigenvalue weighted by Gasteiger charge is -2.40. The molecule has 1 fully saturated rings. The molecule has 1 unspecified atom stereocenters. The summed E-state index contributed by atoms with van der Waals surface area (Å²) in [6, 6.07) is -0.104. The molecule has 5 nitrogen and oxygen atoms in total. The lowest BCUT2D eigenvalue weighted by atomic mass is 9.68. The zero-order valence-electron chi connectivity index (χ0n) is 10.5. The lowest BCUT2D eigenvalue weighted by Crippen LogP contribution is -2.50. The fourth-order valence-electron chi connectivity index (χ4n) is 2.11. The first kappa shape index (κ1) is 14.0. The third kappa shape index (κ3) is 3.70. The maximum absolute atomic E-state index is 12.1. The van der Waals surface area contributed by atoms with Gasteiger partial charge in [0.25, 0.3) is 0 Å². The van der Waals surface area contributed by atoms with Crippen molar-refractivity contribution in [2.24, 2.45) is 5.41 Å². The summed E-state index contributed by atoms with van der Waals surface area (Å²) in [5.74, 6) is -0.829. The average Bonchev–Trinajstić information content (AvgIpc) is 2.20. The van der Waals surface area contributed by atoms with E-state index in [0.717, 1.165) is 19.3 Å². The van der Waals surface area contributed by atoms with Gasteiger partial charge in [0.15, 0.2) is 0 Å². The van der Waals surface area contributed by atoms with Crippen molar-refractivity contribution in [3.05, 3.63) is 0 Å². The molecule has 0 bridgehead atoms. The summed E-state index contributed by atoms with van der Waals surface area (Å²) >= 11 is 0. The SMILES string of the molecule is COCC1(C(=O)NC(C)CCC(=O)O)CCC1. The molecule has 0 heterocycles. The van der Waals surface area contributed by atoms with E-state index in [9.17, 15) is 9.59 Å². The van der Waals surface area contributed by atoms with Gasteiger partial charge in [-0.3, -0.25) is 9.59 Å². The molecular formula is C12H21NO4. The molecule has 1 aliphatic rings. The van der Waals surface area contributed by atoms with Gasteiger partial charge in [0.1, 0.15) is 0 Å². The average molecular weight is 243 g/mol. The van der Waals surface area contributed by atoms with Crippen molar-refractivity contribution in [1.29, 1.82) is 0 Å². The molecule has 1 saturated carbocycles. The maximum Gasteiger partial charge on any atom is 0.303 e. The van der Waals surface area contributed by atoms with Gasteiger partial charge in [0.05, 0.1) is 12.0 Å². The summed E-state index contributed by atoms with van der Waals surface area (Å²) < 4.78 is 5.10. The van der Waals surface area contributed by atoms with E-state index >= 15 is 0 Å². The third-order valence-corrected chi connectivity index (χ3v) is 3.38. The van der Waals surface area contributed by atoms with Gasteiger partial charge in [-0.15, -0.1) is 0 Å². The zero-order chi connectivity index (χ0) is 12.9. The highest BCUT2D eigenvalue weighted by molar-refractivity contribution is 5.84. The molecule has 0 aliphatic heterocycles. The monoisotopic (exact) mass is 243 g/mol. The van der Waals surface area contributed by atoms with E-state index in [1.165, 1.54) is 0 Å². The number of aliphatic carboxylic acids is 1. The van der Waals surface area contributed by atoms with E-state index in [1.807, 2.05) is 6.92 Å². The van der Waals surface area contributed by atoms with Crippen LogP contribution in [0.5, 0.6) is 0 Å². The number of amides is 1. The van der Waals surface area contributed by atoms with Crippen LogP contribution >= 0.6 is 0 Å². The largest absolute Gasteiger partial charge is 0.481 e. The Bertz CT molecular complexity index is 286. The highest BCUT2D eigenvalue weighted by Crippen LogP contribution is 2.41. The van der Waals surface area contributed by atoms with Crippen LogP contribution in [0.4, 0.5) is 0 Å². The number of carboxylic acids is 1. The summed E-state index contributed by atoms with van der Waals surface area (Å²) in [6.45, 7) is 2.28. The maximum atomic E-state index is 12.1. The second kappa shape index (κ2) is 6.00. The van der Waals surface area contributed by atoms with Crippen LogP contribution < -0.4 is 5.32 Å². The molecule has 1 atom stereocenters. The normalized spacial score (nSPS) is 19.2. The predicted molar refractivity (Wildman–Crippen MR) is 62.6 cm³/mol. The lowest BCUT2D eigenvalue weighted by molar-refractivity contribution is -0.142. The van der Waals surface area contributed by atoms with E-state index in [-0.39, 0.29) is 23.8 Å². The number of rotatable bonds is 7. The van der Waals surface area contributed by atoms with Crippen LogP contribution in [0, 0.1) is 5.41 Å². The van der Waals surface area contributed by atoms with Crippen LogP contribution in [0.3, 0.4) is 0 Å². The van der Waals surface area contributed by atoms with E-state index < -0.39 is 5.97 Å². The number of hydrogen-bond donors (Lipinski definition) is 2. The van der Waals surface area contributed by atoms with Gasteiger partial charge in [-0.05, 0) is 26.2 Å². The van der Waals surface area contributed by atoms with Crippen molar-refractivity contribution in [3.63, 3.8) is 0 Å². The van der Waals surface area contributed by atoms with E-state index in [1.54, 1.807) is 7.11 Å². The van der Waals surface area contributed by atoms with Crippen LogP contribution in [0.2, 0.25) is 0 Å². The minimum absolute atomic E-state index is 0.00323. The first-order chi connectivity index (χ1) is 8.00.